The Morgan fingerprint density at radius 2 is 2.37 bits per heavy atom. The molecule has 0 amide bonds. The number of fused-ring (bicyclic) bond motifs is 1. The second kappa shape index (κ2) is 4.77. The Balaban J connectivity index is 1.88. The summed E-state index contributed by atoms with van der Waals surface area (Å²) in [7, 11) is 0. The van der Waals surface area contributed by atoms with Crippen molar-refractivity contribution in [2.75, 3.05) is 24.5 Å². The minimum Gasteiger partial charge on any atom is -0.349 e. The fourth-order valence-corrected chi connectivity index (χ4v) is 3.14. The van der Waals surface area contributed by atoms with Crippen LogP contribution in [0.25, 0.3) is 0 Å². The van der Waals surface area contributed by atoms with E-state index < -0.39 is 0 Å². The van der Waals surface area contributed by atoms with Crippen LogP contribution in [-0.4, -0.2) is 35.6 Å². The lowest BCUT2D eigenvalue weighted by Crippen LogP contribution is -2.40. The molecule has 19 heavy (non-hydrogen) atoms. The van der Waals surface area contributed by atoms with Crippen molar-refractivity contribution >= 4 is 11.5 Å². The Morgan fingerprint density at radius 3 is 3.11 bits per heavy atom. The first kappa shape index (κ1) is 12.3. The number of rotatable bonds is 2. The van der Waals surface area contributed by atoms with E-state index in [0.717, 1.165) is 25.2 Å². The maximum Gasteiger partial charge on any atom is 0.311 e. The van der Waals surface area contributed by atoms with E-state index >= 15 is 0 Å². The van der Waals surface area contributed by atoms with Gasteiger partial charge in [-0.3, -0.25) is 10.1 Å². The third kappa shape index (κ3) is 2.28. The Kier molecular flexibility index (Phi) is 3.10. The summed E-state index contributed by atoms with van der Waals surface area (Å²) in [6.45, 7) is 4.57. The van der Waals surface area contributed by atoms with Crippen molar-refractivity contribution in [3.63, 3.8) is 0 Å². The minimum absolute atomic E-state index is 0.124. The van der Waals surface area contributed by atoms with Gasteiger partial charge in [0.2, 0.25) is 5.82 Å². The first-order valence-electron chi connectivity index (χ1n) is 6.74. The van der Waals surface area contributed by atoms with Crippen LogP contribution in [0.15, 0.2) is 12.3 Å². The maximum atomic E-state index is 11.2. The molecule has 102 valence electrons. The fourth-order valence-electron chi connectivity index (χ4n) is 3.14. The quantitative estimate of drug-likeness (QED) is 0.645. The molecule has 0 saturated carbocycles. The van der Waals surface area contributed by atoms with Crippen LogP contribution in [0.2, 0.25) is 0 Å². The SMILES string of the molecule is Cc1cnc(N2C[C@@H]3CCCN[C@@H]3C2)c([N+](=O)[O-])c1. The fraction of sp³-hybridized carbons (Fsp3) is 0.615. The molecular formula is C13H18N4O2. The number of nitro groups is 1. The first-order chi connectivity index (χ1) is 9.15. The maximum absolute atomic E-state index is 11.2. The second-order valence-electron chi connectivity index (χ2n) is 5.48. The van der Waals surface area contributed by atoms with E-state index in [9.17, 15) is 10.1 Å². The number of piperidine rings is 1. The lowest BCUT2D eigenvalue weighted by molar-refractivity contribution is -0.384. The first-order valence-corrected chi connectivity index (χ1v) is 6.74. The molecule has 2 fully saturated rings. The average Bonchev–Trinajstić information content (AvgIpc) is 2.82. The Labute approximate surface area is 112 Å². The third-order valence-corrected chi connectivity index (χ3v) is 4.08. The summed E-state index contributed by atoms with van der Waals surface area (Å²) in [5, 5.41) is 14.7. The van der Waals surface area contributed by atoms with Gasteiger partial charge in [-0.15, -0.1) is 0 Å². The van der Waals surface area contributed by atoms with Crippen molar-refractivity contribution in [2.24, 2.45) is 5.92 Å². The molecule has 0 unspecified atom stereocenters. The molecule has 1 N–H and O–H groups in total. The monoisotopic (exact) mass is 262 g/mol. The molecule has 0 bridgehead atoms. The molecule has 0 spiro atoms. The number of nitrogens with one attached hydrogen (secondary N) is 1. The van der Waals surface area contributed by atoms with Crippen molar-refractivity contribution in [1.29, 1.82) is 0 Å². The van der Waals surface area contributed by atoms with Crippen LogP contribution in [0, 0.1) is 23.0 Å². The van der Waals surface area contributed by atoms with Crippen LogP contribution in [-0.2, 0) is 0 Å². The zero-order valence-electron chi connectivity index (χ0n) is 11.0. The molecule has 2 aliphatic heterocycles. The molecular weight excluding hydrogens is 244 g/mol. The van der Waals surface area contributed by atoms with E-state index in [4.69, 9.17) is 0 Å². The van der Waals surface area contributed by atoms with Crippen LogP contribution in [0.3, 0.4) is 0 Å². The normalized spacial score (nSPS) is 26.3. The molecule has 3 rings (SSSR count). The highest BCUT2D eigenvalue weighted by molar-refractivity contribution is 5.59. The van der Waals surface area contributed by atoms with Crippen LogP contribution in [0.1, 0.15) is 18.4 Å². The van der Waals surface area contributed by atoms with Gasteiger partial charge < -0.3 is 10.2 Å². The van der Waals surface area contributed by atoms with Gasteiger partial charge in [0.1, 0.15) is 0 Å². The third-order valence-electron chi connectivity index (χ3n) is 4.08. The Bertz CT molecular complexity index is 491. The smallest absolute Gasteiger partial charge is 0.311 e. The Hall–Kier alpha value is -1.69. The highest BCUT2D eigenvalue weighted by Gasteiger charge is 2.37. The topological polar surface area (TPSA) is 71.3 Å². The number of nitrogens with zero attached hydrogens (tertiary/aromatic N) is 3. The van der Waals surface area contributed by atoms with Gasteiger partial charge in [-0.2, -0.15) is 0 Å². The number of pyridine rings is 1. The van der Waals surface area contributed by atoms with E-state index in [1.807, 2.05) is 6.92 Å². The summed E-state index contributed by atoms with van der Waals surface area (Å²) in [4.78, 5) is 17.2. The van der Waals surface area contributed by atoms with E-state index in [0.29, 0.717) is 17.8 Å². The van der Waals surface area contributed by atoms with Crippen molar-refractivity contribution in [1.82, 2.24) is 10.3 Å². The predicted molar refractivity (Wildman–Crippen MR) is 72.4 cm³/mol. The molecule has 2 saturated heterocycles. The number of aryl methyl sites for hydroxylation is 1. The van der Waals surface area contributed by atoms with Crippen LogP contribution >= 0.6 is 0 Å². The summed E-state index contributed by atoms with van der Waals surface area (Å²) in [5.74, 6) is 1.11. The average molecular weight is 262 g/mol. The molecule has 0 aliphatic carbocycles. The molecule has 6 heteroatoms. The molecule has 0 aromatic carbocycles. The summed E-state index contributed by atoms with van der Waals surface area (Å²) >= 11 is 0. The van der Waals surface area contributed by atoms with Crippen molar-refractivity contribution < 1.29 is 4.92 Å². The van der Waals surface area contributed by atoms with Gasteiger partial charge in [-0.1, -0.05) is 0 Å². The summed E-state index contributed by atoms with van der Waals surface area (Å²) in [6.07, 6.45) is 4.10. The summed E-state index contributed by atoms with van der Waals surface area (Å²) in [5.41, 5.74) is 0.948. The molecule has 1 aromatic heterocycles. The molecule has 6 nitrogen and oxygen atoms in total. The van der Waals surface area contributed by atoms with Crippen molar-refractivity contribution in [2.45, 2.75) is 25.8 Å². The lowest BCUT2D eigenvalue weighted by Gasteiger charge is -2.24. The zero-order valence-corrected chi connectivity index (χ0v) is 11.0. The van der Waals surface area contributed by atoms with Gasteiger partial charge >= 0.3 is 5.69 Å². The summed E-state index contributed by atoms with van der Waals surface area (Å²) in [6, 6.07) is 2.06. The predicted octanol–water partition coefficient (Wildman–Crippen LogP) is 1.49. The molecule has 1 aromatic rings. The van der Waals surface area contributed by atoms with Crippen LogP contribution in [0.4, 0.5) is 11.5 Å². The lowest BCUT2D eigenvalue weighted by atomic mass is 9.94. The Morgan fingerprint density at radius 1 is 1.53 bits per heavy atom. The largest absolute Gasteiger partial charge is 0.349 e. The molecule has 0 radical (unpaired) electrons. The number of hydrogen-bond acceptors (Lipinski definition) is 5. The van der Waals surface area contributed by atoms with Crippen LogP contribution < -0.4 is 10.2 Å². The highest BCUT2D eigenvalue weighted by Crippen LogP contribution is 2.33. The minimum atomic E-state index is -0.329. The molecule has 2 aliphatic rings. The summed E-state index contributed by atoms with van der Waals surface area (Å²) < 4.78 is 0. The number of hydrogen-bond donors (Lipinski definition) is 1. The van der Waals surface area contributed by atoms with Gasteiger partial charge in [0.05, 0.1) is 4.92 Å². The van der Waals surface area contributed by atoms with Gasteiger partial charge in [0.25, 0.3) is 0 Å². The van der Waals surface area contributed by atoms with Gasteiger partial charge in [-0.05, 0) is 37.8 Å². The second-order valence-corrected chi connectivity index (χ2v) is 5.48. The van der Waals surface area contributed by atoms with E-state index in [-0.39, 0.29) is 10.6 Å². The van der Waals surface area contributed by atoms with Crippen LogP contribution in [0.5, 0.6) is 0 Å². The number of anilines is 1. The molecule has 2 atom stereocenters. The van der Waals surface area contributed by atoms with E-state index in [2.05, 4.69) is 15.2 Å². The number of aromatic nitrogens is 1. The van der Waals surface area contributed by atoms with Gasteiger partial charge in [0, 0.05) is 31.4 Å². The van der Waals surface area contributed by atoms with Crippen molar-refractivity contribution in [3.05, 3.63) is 27.9 Å². The van der Waals surface area contributed by atoms with Crippen molar-refractivity contribution in [3.8, 4) is 0 Å². The zero-order chi connectivity index (χ0) is 13.4. The standard InChI is InChI=1S/C13H18N4O2/c1-9-5-12(17(18)19)13(15-6-9)16-7-10-3-2-4-14-11(10)8-16/h5-6,10-11,14H,2-4,7-8H2,1H3/t10-,11+/m0/s1. The van der Waals surface area contributed by atoms with Gasteiger partial charge in [-0.25, -0.2) is 4.98 Å². The van der Waals surface area contributed by atoms with Gasteiger partial charge in [0.15, 0.2) is 0 Å². The van der Waals surface area contributed by atoms with E-state index in [1.165, 1.54) is 12.8 Å². The van der Waals surface area contributed by atoms with E-state index in [1.54, 1.807) is 12.3 Å². The molecule has 3 heterocycles. The highest BCUT2D eigenvalue weighted by atomic mass is 16.6.